The molecule has 4 heteroatoms. The molecule has 1 heterocycles. The van der Waals surface area contributed by atoms with Crippen molar-refractivity contribution in [3.8, 4) is 0 Å². The van der Waals surface area contributed by atoms with E-state index in [2.05, 4.69) is 10.3 Å². The van der Waals surface area contributed by atoms with Gasteiger partial charge in [0.15, 0.2) is 0 Å². The Labute approximate surface area is 121 Å². The molecule has 1 amide bonds. The highest BCUT2D eigenvalue weighted by molar-refractivity contribution is 5.94. The lowest BCUT2D eigenvalue weighted by atomic mass is 10.1. The minimum Gasteiger partial charge on any atom is -0.348 e. The Morgan fingerprint density at radius 3 is 2.81 bits per heavy atom. The Morgan fingerprint density at radius 2 is 1.95 bits per heavy atom. The molecule has 1 N–H and O–H groups in total. The summed E-state index contributed by atoms with van der Waals surface area (Å²) in [6.07, 6.45) is 1.74. The summed E-state index contributed by atoms with van der Waals surface area (Å²) in [7, 11) is 0. The van der Waals surface area contributed by atoms with Crippen LogP contribution in [-0.4, -0.2) is 10.9 Å². The fourth-order valence-electron chi connectivity index (χ4n) is 2.16. The predicted octanol–water partition coefficient (Wildman–Crippen LogP) is 3.30. The van der Waals surface area contributed by atoms with Gasteiger partial charge in [-0.05, 0) is 35.9 Å². The van der Waals surface area contributed by atoms with Crippen LogP contribution >= 0.6 is 0 Å². The van der Waals surface area contributed by atoms with Crippen LogP contribution in [0.5, 0.6) is 0 Å². The number of nitrogens with zero attached hydrogens (tertiary/aromatic N) is 1. The molecule has 0 fully saturated rings. The van der Waals surface area contributed by atoms with Crippen LogP contribution in [0.1, 0.15) is 15.9 Å². The monoisotopic (exact) mass is 280 g/mol. The van der Waals surface area contributed by atoms with E-state index in [1.165, 1.54) is 12.1 Å². The number of hydrogen-bond donors (Lipinski definition) is 1. The Morgan fingerprint density at radius 1 is 1.10 bits per heavy atom. The Bertz CT molecular complexity index is 801. The molecular formula is C17H13FN2O. The van der Waals surface area contributed by atoms with Gasteiger partial charge in [0.2, 0.25) is 0 Å². The summed E-state index contributed by atoms with van der Waals surface area (Å²) in [6.45, 7) is 0.345. The summed E-state index contributed by atoms with van der Waals surface area (Å²) in [6, 6.07) is 15.5. The number of amides is 1. The molecule has 1 aromatic heterocycles. The topological polar surface area (TPSA) is 42.0 Å². The number of hydrogen-bond acceptors (Lipinski definition) is 2. The van der Waals surface area contributed by atoms with E-state index >= 15 is 0 Å². The van der Waals surface area contributed by atoms with Crippen molar-refractivity contribution in [3.05, 3.63) is 77.7 Å². The van der Waals surface area contributed by atoms with Gasteiger partial charge in [-0.2, -0.15) is 0 Å². The molecule has 2 aromatic carbocycles. The fourth-order valence-corrected chi connectivity index (χ4v) is 2.16. The van der Waals surface area contributed by atoms with Gasteiger partial charge in [-0.15, -0.1) is 0 Å². The van der Waals surface area contributed by atoms with E-state index in [0.29, 0.717) is 6.54 Å². The number of nitrogens with one attached hydrogen (secondary N) is 1. The zero-order valence-corrected chi connectivity index (χ0v) is 11.2. The van der Waals surface area contributed by atoms with Crippen molar-refractivity contribution < 1.29 is 9.18 Å². The first-order valence-corrected chi connectivity index (χ1v) is 6.60. The van der Waals surface area contributed by atoms with Crippen LogP contribution in [-0.2, 0) is 6.54 Å². The lowest BCUT2D eigenvalue weighted by Crippen LogP contribution is -2.23. The average Bonchev–Trinajstić information content (AvgIpc) is 2.53. The third kappa shape index (κ3) is 2.89. The maximum Gasteiger partial charge on any atom is 0.254 e. The third-order valence-corrected chi connectivity index (χ3v) is 3.24. The second-order valence-electron chi connectivity index (χ2n) is 4.69. The van der Waals surface area contributed by atoms with Gasteiger partial charge in [0.05, 0.1) is 11.1 Å². The quantitative estimate of drug-likeness (QED) is 0.799. The van der Waals surface area contributed by atoms with Gasteiger partial charge in [0, 0.05) is 18.1 Å². The van der Waals surface area contributed by atoms with Crippen molar-refractivity contribution in [1.82, 2.24) is 10.3 Å². The Kier molecular flexibility index (Phi) is 3.60. The molecule has 21 heavy (non-hydrogen) atoms. The van der Waals surface area contributed by atoms with Gasteiger partial charge in [0.1, 0.15) is 5.82 Å². The molecule has 0 unspecified atom stereocenters. The molecule has 3 aromatic rings. The number of carbonyl (C=O) groups excluding carboxylic acids is 1. The summed E-state index contributed by atoms with van der Waals surface area (Å²) >= 11 is 0. The van der Waals surface area contributed by atoms with E-state index in [0.717, 1.165) is 16.5 Å². The van der Waals surface area contributed by atoms with E-state index in [-0.39, 0.29) is 5.56 Å². The van der Waals surface area contributed by atoms with Crippen LogP contribution in [0.4, 0.5) is 4.39 Å². The minimum absolute atomic E-state index is 0.0555. The number of pyridine rings is 1. The van der Waals surface area contributed by atoms with Crippen LogP contribution in [0.25, 0.3) is 10.9 Å². The number of rotatable bonds is 3. The van der Waals surface area contributed by atoms with Gasteiger partial charge in [0.25, 0.3) is 5.91 Å². The van der Waals surface area contributed by atoms with Gasteiger partial charge in [-0.3, -0.25) is 9.78 Å². The van der Waals surface area contributed by atoms with Gasteiger partial charge in [-0.1, -0.05) is 24.3 Å². The maximum atomic E-state index is 13.5. The van der Waals surface area contributed by atoms with E-state index in [4.69, 9.17) is 0 Å². The molecule has 104 valence electrons. The number of aromatic nitrogens is 1. The smallest absolute Gasteiger partial charge is 0.254 e. The third-order valence-electron chi connectivity index (χ3n) is 3.24. The Hall–Kier alpha value is -2.75. The maximum absolute atomic E-state index is 13.5. The van der Waals surface area contributed by atoms with Gasteiger partial charge >= 0.3 is 0 Å². The highest BCUT2D eigenvalue weighted by Crippen LogP contribution is 2.13. The minimum atomic E-state index is -0.516. The molecule has 3 nitrogen and oxygen atoms in total. The summed E-state index contributed by atoms with van der Waals surface area (Å²) < 4.78 is 13.5. The van der Waals surface area contributed by atoms with E-state index < -0.39 is 11.7 Å². The summed E-state index contributed by atoms with van der Waals surface area (Å²) in [4.78, 5) is 16.2. The first kappa shape index (κ1) is 13.2. The van der Waals surface area contributed by atoms with Crippen LogP contribution in [0.3, 0.4) is 0 Å². The second-order valence-corrected chi connectivity index (χ2v) is 4.69. The second kappa shape index (κ2) is 5.71. The highest BCUT2D eigenvalue weighted by Gasteiger charge is 2.10. The predicted molar refractivity (Wildman–Crippen MR) is 79.3 cm³/mol. The van der Waals surface area contributed by atoms with E-state index in [1.54, 1.807) is 18.3 Å². The molecule has 0 aliphatic carbocycles. The van der Waals surface area contributed by atoms with Gasteiger partial charge < -0.3 is 5.32 Å². The molecule has 0 bridgehead atoms. The summed E-state index contributed by atoms with van der Waals surface area (Å²) in [5.74, 6) is -0.933. The van der Waals surface area contributed by atoms with Crippen molar-refractivity contribution >= 4 is 16.8 Å². The highest BCUT2D eigenvalue weighted by atomic mass is 19.1. The molecule has 3 rings (SSSR count). The fraction of sp³-hybridized carbons (Fsp3) is 0.0588. The number of fused-ring (bicyclic) bond motifs is 1. The average molecular weight is 280 g/mol. The van der Waals surface area contributed by atoms with Crippen molar-refractivity contribution in [2.24, 2.45) is 0 Å². The zero-order chi connectivity index (χ0) is 14.7. The standard InChI is InChI=1S/C17H13FN2O/c18-15-6-2-1-5-14(15)17(21)20-11-12-7-8-16-13(10-12)4-3-9-19-16/h1-10H,11H2,(H,20,21). The lowest BCUT2D eigenvalue weighted by molar-refractivity contribution is 0.0947. The molecule has 0 radical (unpaired) electrons. The number of benzene rings is 2. The molecule has 0 atom stereocenters. The first-order chi connectivity index (χ1) is 10.2. The summed E-state index contributed by atoms with van der Waals surface area (Å²) in [5.41, 5.74) is 1.90. The molecular weight excluding hydrogens is 267 g/mol. The van der Waals surface area contributed by atoms with Gasteiger partial charge in [-0.25, -0.2) is 4.39 Å². The number of carbonyl (C=O) groups is 1. The van der Waals surface area contributed by atoms with Crippen molar-refractivity contribution in [2.75, 3.05) is 0 Å². The van der Waals surface area contributed by atoms with Crippen LogP contribution in [0.2, 0.25) is 0 Å². The first-order valence-electron chi connectivity index (χ1n) is 6.60. The van der Waals surface area contributed by atoms with Crippen molar-refractivity contribution in [2.45, 2.75) is 6.54 Å². The van der Waals surface area contributed by atoms with E-state index in [1.807, 2.05) is 30.3 Å². The zero-order valence-electron chi connectivity index (χ0n) is 11.2. The van der Waals surface area contributed by atoms with Crippen molar-refractivity contribution in [3.63, 3.8) is 0 Å². The normalized spacial score (nSPS) is 10.5. The van der Waals surface area contributed by atoms with Crippen LogP contribution < -0.4 is 5.32 Å². The largest absolute Gasteiger partial charge is 0.348 e. The molecule has 0 spiro atoms. The number of halogens is 1. The van der Waals surface area contributed by atoms with Crippen molar-refractivity contribution in [1.29, 1.82) is 0 Å². The molecule has 0 aliphatic heterocycles. The summed E-state index contributed by atoms with van der Waals surface area (Å²) in [5, 5.41) is 3.73. The molecule has 0 saturated heterocycles. The molecule has 0 saturated carbocycles. The molecule has 0 aliphatic rings. The van der Waals surface area contributed by atoms with E-state index in [9.17, 15) is 9.18 Å². The van der Waals surface area contributed by atoms with Crippen LogP contribution in [0.15, 0.2) is 60.8 Å². The Balaban J connectivity index is 1.74. The SMILES string of the molecule is O=C(NCc1ccc2ncccc2c1)c1ccccc1F. The van der Waals surface area contributed by atoms with Crippen LogP contribution in [0, 0.1) is 5.82 Å². The lowest BCUT2D eigenvalue weighted by Gasteiger charge is -2.07.